The molecule has 1 fully saturated rings. The van der Waals surface area contributed by atoms with Crippen LogP contribution in [0.3, 0.4) is 0 Å². The standard InChI is InChI=1S/C14H20N2O.ClH/c1-11(9-15)14(17)16(10-12-7-8-12)13-5-3-2-4-6-13;/h2-6,11-12H,7-10,15H2,1H3;1H. The molecule has 0 spiro atoms. The van der Waals surface area contributed by atoms with E-state index in [2.05, 4.69) is 0 Å². The smallest absolute Gasteiger partial charge is 0.231 e. The lowest BCUT2D eigenvalue weighted by atomic mass is 10.1. The second-order valence-corrected chi connectivity index (χ2v) is 4.86. The Balaban J connectivity index is 0.00000162. The van der Waals surface area contributed by atoms with Crippen LogP contribution in [0.25, 0.3) is 0 Å². The zero-order valence-electron chi connectivity index (χ0n) is 10.7. The van der Waals surface area contributed by atoms with Crippen LogP contribution in [0.2, 0.25) is 0 Å². The first-order chi connectivity index (χ1) is 8.22. The highest BCUT2D eigenvalue weighted by Gasteiger charge is 2.29. The van der Waals surface area contributed by atoms with E-state index in [0.29, 0.717) is 12.5 Å². The van der Waals surface area contributed by atoms with Crippen molar-refractivity contribution in [2.45, 2.75) is 19.8 Å². The lowest BCUT2D eigenvalue weighted by Gasteiger charge is -2.25. The maximum absolute atomic E-state index is 12.3. The predicted molar refractivity (Wildman–Crippen MR) is 77.0 cm³/mol. The van der Waals surface area contributed by atoms with Gasteiger partial charge in [-0.3, -0.25) is 4.79 Å². The van der Waals surface area contributed by atoms with E-state index in [-0.39, 0.29) is 24.2 Å². The number of amides is 1. The van der Waals surface area contributed by atoms with Crippen molar-refractivity contribution in [3.05, 3.63) is 30.3 Å². The minimum atomic E-state index is -0.103. The van der Waals surface area contributed by atoms with Crippen molar-refractivity contribution in [3.8, 4) is 0 Å². The van der Waals surface area contributed by atoms with E-state index in [1.165, 1.54) is 12.8 Å². The van der Waals surface area contributed by atoms with Crippen LogP contribution in [0.15, 0.2) is 30.3 Å². The first-order valence-corrected chi connectivity index (χ1v) is 6.29. The average molecular weight is 269 g/mol. The SMILES string of the molecule is CC(CN)C(=O)N(CC1CC1)c1ccccc1.Cl. The minimum Gasteiger partial charge on any atom is -0.330 e. The fraction of sp³-hybridized carbons (Fsp3) is 0.500. The highest BCUT2D eigenvalue weighted by atomic mass is 35.5. The Morgan fingerprint density at radius 2 is 2.00 bits per heavy atom. The van der Waals surface area contributed by atoms with Gasteiger partial charge in [-0.15, -0.1) is 12.4 Å². The molecule has 18 heavy (non-hydrogen) atoms. The van der Waals surface area contributed by atoms with E-state index in [1.54, 1.807) is 0 Å². The molecular weight excluding hydrogens is 248 g/mol. The minimum absolute atomic E-state index is 0. The van der Waals surface area contributed by atoms with Crippen molar-refractivity contribution in [3.63, 3.8) is 0 Å². The molecule has 2 N–H and O–H groups in total. The van der Waals surface area contributed by atoms with Crippen LogP contribution in [0.4, 0.5) is 5.69 Å². The molecule has 1 amide bonds. The van der Waals surface area contributed by atoms with Crippen LogP contribution in [0, 0.1) is 11.8 Å². The maximum Gasteiger partial charge on any atom is 0.231 e. The van der Waals surface area contributed by atoms with E-state index in [1.807, 2.05) is 42.2 Å². The molecule has 4 heteroatoms. The molecule has 1 aliphatic carbocycles. The Morgan fingerprint density at radius 1 is 1.39 bits per heavy atom. The number of carbonyl (C=O) groups is 1. The van der Waals surface area contributed by atoms with Crippen LogP contribution < -0.4 is 10.6 Å². The average Bonchev–Trinajstić information content (AvgIpc) is 3.19. The molecule has 1 aliphatic rings. The zero-order chi connectivity index (χ0) is 12.3. The summed E-state index contributed by atoms with van der Waals surface area (Å²) in [7, 11) is 0. The largest absolute Gasteiger partial charge is 0.330 e. The third-order valence-corrected chi connectivity index (χ3v) is 3.25. The highest BCUT2D eigenvalue weighted by molar-refractivity contribution is 5.95. The molecule has 2 rings (SSSR count). The van der Waals surface area contributed by atoms with Crippen LogP contribution in [0.1, 0.15) is 19.8 Å². The second-order valence-electron chi connectivity index (χ2n) is 4.86. The van der Waals surface area contributed by atoms with Crippen LogP contribution in [0.5, 0.6) is 0 Å². The number of hydrogen-bond donors (Lipinski definition) is 1. The van der Waals surface area contributed by atoms with Gasteiger partial charge < -0.3 is 10.6 Å². The van der Waals surface area contributed by atoms with Crippen molar-refractivity contribution in [1.82, 2.24) is 0 Å². The first-order valence-electron chi connectivity index (χ1n) is 6.29. The fourth-order valence-corrected chi connectivity index (χ4v) is 1.86. The van der Waals surface area contributed by atoms with Crippen molar-refractivity contribution in [2.24, 2.45) is 17.6 Å². The van der Waals surface area contributed by atoms with Gasteiger partial charge >= 0.3 is 0 Å². The molecule has 0 radical (unpaired) electrons. The van der Waals surface area contributed by atoms with E-state index in [0.717, 1.165) is 12.2 Å². The first kappa shape index (κ1) is 15.0. The van der Waals surface area contributed by atoms with Gasteiger partial charge in [-0.2, -0.15) is 0 Å². The van der Waals surface area contributed by atoms with E-state index >= 15 is 0 Å². The monoisotopic (exact) mass is 268 g/mol. The van der Waals surface area contributed by atoms with Gasteiger partial charge in [0.2, 0.25) is 5.91 Å². The number of benzene rings is 1. The molecule has 1 unspecified atom stereocenters. The quantitative estimate of drug-likeness (QED) is 0.892. The van der Waals surface area contributed by atoms with Crippen LogP contribution in [-0.2, 0) is 4.79 Å². The van der Waals surface area contributed by atoms with Crippen molar-refractivity contribution in [1.29, 1.82) is 0 Å². The third kappa shape index (κ3) is 3.72. The van der Waals surface area contributed by atoms with Gasteiger partial charge in [0.15, 0.2) is 0 Å². The summed E-state index contributed by atoms with van der Waals surface area (Å²) in [6.45, 7) is 3.14. The van der Waals surface area contributed by atoms with Gasteiger partial charge in [-0.25, -0.2) is 0 Å². The molecular formula is C14H21ClN2O. The number of carbonyl (C=O) groups excluding carboxylic acids is 1. The summed E-state index contributed by atoms with van der Waals surface area (Å²) in [5, 5.41) is 0. The van der Waals surface area contributed by atoms with E-state index in [9.17, 15) is 4.79 Å². The van der Waals surface area contributed by atoms with Crippen LogP contribution in [-0.4, -0.2) is 19.0 Å². The van der Waals surface area contributed by atoms with Gasteiger partial charge in [-0.05, 0) is 30.9 Å². The predicted octanol–water partition coefficient (Wildman–Crippen LogP) is 2.45. The summed E-state index contributed by atoms with van der Waals surface area (Å²) in [6.07, 6.45) is 2.49. The summed E-state index contributed by atoms with van der Waals surface area (Å²) in [4.78, 5) is 14.2. The molecule has 0 heterocycles. The van der Waals surface area contributed by atoms with Gasteiger partial charge in [0, 0.05) is 24.7 Å². The topological polar surface area (TPSA) is 46.3 Å². The molecule has 0 saturated heterocycles. The molecule has 0 aliphatic heterocycles. The number of hydrogen-bond acceptors (Lipinski definition) is 2. The fourth-order valence-electron chi connectivity index (χ4n) is 1.86. The Kier molecular flexibility index (Phi) is 5.63. The maximum atomic E-state index is 12.3. The normalized spacial score (nSPS) is 15.7. The Hall–Kier alpha value is -1.06. The Bertz CT molecular complexity index is 379. The molecule has 3 nitrogen and oxygen atoms in total. The molecule has 100 valence electrons. The summed E-state index contributed by atoms with van der Waals surface area (Å²) < 4.78 is 0. The van der Waals surface area contributed by atoms with E-state index < -0.39 is 0 Å². The van der Waals surface area contributed by atoms with Crippen molar-refractivity contribution >= 4 is 24.0 Å². The number of nitrogens with two attached hydrogens (primary N) is 1. The number of anilines is 1. The van der Waals surface area contributed by atoms with Crippen molar-refractivity contribution < 1.29 is 4.79 Å². The molecule has 0 bridgehead atoms. The van der Waals surface area contributed by atoms with Gasteiger partial charge in [0.05, 0.1) is 0 Å². The van der Waals surface area contributed by atoms with E-state index in [4.69, 9.17) is 5.73 Å². The molecule has 0 aromatic heterocycles. The summed E-state index contributed by atoms with van der Waals surface area (Å²) in [6, 6.07) is 9.88. The number of rotatable bonds is 5. The molecule has 1 atom stereocenters. The van der Waals surface area contributed by atoms with Crippen molar-refractivity contribution in [2.75, 3.05) is 18.0 Å². The zero-order valence-corrected chi connectivity index (χ0v) is 11.5. The lowest BCUT2D eigenvalue weighted by molar-refractivity contribution is -0.121. The molecule has 1 aromatic rings. The highest BCUT2D eigenvalue weighted by Crippen LogP contribution is 2.31. The molecule has 1 saturated carbocycles. The van der Waals surface area contributed by atoms with Crippen LogP contribution >= 0.6 is 12.4 Å². The second kappa shape index (κ2) is 6.76. The Morgan fingerprint density at radius 3 is 2.50 bits per heavy atom. The number of para-hydroxylation sites is 1. The Labute approximate surface area is 115 Å². The number of halogens is 1. The summed E-state index contributed by atoms with van der Waals surface area (Å²) >= 11 is 0. The van der Waals surface area contributed by atoms with Gasteiger partial charge in [0.25, 0.3) is 0 Å². The number of nitrogens with zero attached hydrogens (tertiary/aromatic N) is 1. The third-order valence-electron chi connectivity index (χ3n) is 3.25. The summed E-state index contributed by atoms with van der Waals surface area (Å²) in [5.74, 6) is 0.726. The van der Waals surface area contributed by atoms with Gasteiger partial charge in [-0.1, -0.05) is 25.1 Å². The van der Waals surface area contributed by atoms with Gasteiger partial charge in [0.1, 0.15) is 0 Å². The summed E-state index contributed by atoms with van der Waals surface area (Å²) in [5.41, 5.74) is 6.58. The molecule has 1 aromatic carbocycles. The lowest BCUT2D eigenvalue weighted by Crippen LogP contribution is -2.39.